The first-order valence-electron chi connectivity index (χ1n) is 5.34. The number of nitrogens with zero attached hydrogens (tertiary/aromatic N) is 1. The molecule has 0 saturated heterocycles. The molecular formula is C11H21NO3. The Bertz CT molecular complexity index is 208. The summed E-state index contributed by atoms with van der Waals surface area (Å²) >= 11 is 0. The van der Waals surface area contributed by atoms with Crippen molar-refractivity contribution < 1.29 is 14.7 Å². The Labute approximate surface area is 91.3 Å². The van der Waals surface area contributed by atoms with E-state index in [-0.39, 0.29) is 5.54 Å². The van der Waals surface area contributed by atoms with Gasteiger partial charge in [0.15, 0.2) is 0 Å². The number of rotatable bonds is 6. The molecule has 0 aromatic heterocycles. The minimum absolute atomic E-state index is 0.351. The molecule has 4 heteroatoms. The predicted octanol–water partition coefficient (Wildman–Crippen LogP) is 2.52. The first kappa shape index (κ1) is 13.9. The Morgan fingerprint density at radius 2 is 1.87 bits per heavy atom. The van der Waals surface area contributed by atoms with Gasteiger partial charge in [-0.3, -0.25) is 0 Å². The highest BCUT2D eigenvalue weighted by Gasteiger charge is 2.24. The summed E-state index contributed by atoms with van der Waals surface area (Å²) in [6.07, 6.45) is 3.16. The predicted molar refractivity (Wildman–Crippen MR) is 59.0 cm³/mol. The van der Waals surface area contributed by atoms with E-state index >= 15 is 0 Å². The van der Waals surface area contributed by atoms with Crippen LogP contribution in [-0.2, 0) is 4.79 Å². The normalized spacial score (nSPS) is 11.1. The van der Waals surface area contributed by atoms with E-state index in [1.165, 1.54) is 4.90 Å². The van der Waals surface area contributed by atoms with Crippen LogP contribution >= 0.6 is 0 Å². The van der Waals surface area contributed by atoms with Gasteiger partial charge in [0.25, 0.3) is 0 Å². The van der Waals surface area contributed by atoms with Crippen LogP contribution in [0, 0.1) is 0 Å². The third-order valence-electron chi connectivity index (χ3n) is 2.24. The van der Waals surface area contributed by atoms with Crippen molar-refractivity contribution in [1.82, 2.24) is 4.90 Å². The van der Waals surface area contributed by atoms with Crippen molar-refractivity contribution in [2.75, 3.05) is 6.54 Å². The van der Waals surface area contributed by atoms with Crippen LogP contribution in [0.5, 0.6) is 0 Å². The quantitative estimate of drug-likeness (QED) is 0.547. The lowest BCUT2D eigenvalue weighted by Crippen LogP contribution is -2.45. The number of unbranched alkanes of at least 4 members (excludes halogenated alkanes) is 3. The molecule has 0 aromatic rings. The number of carbonyl (C=O) groups excluding carboxylic acids is 1. The highest BCUT2D eigenvalue weighted by molar-refractivity contribution is 5.65. The summed E-state index contributed by atoms with van der Waals surface area (Å²) in [5.41, 5.74) is -0.351. The first-order valence-corrected chi connectivity index (χ1v) is 5.34. The zero-order valence-electron chi connectivity index (χ0n) is 9.82. The number of carboxylic acid groups (broad SMARTS) is 1. The van der Waals surface area contributed by atoms with Crippen LogP contribution in [0.2, 0.25) is 0 Å². The minimum Gasteiger partial charge on any atom is -0.465 e. The molecule has 0 rings (SSSR count). The largest absolute Gasteiger partial charge is 0.465 e. The number of hydrogen-bond acceptors (Lipinski definition) is 2. The lowest BCUT2D eigenvalue weighted by Gasteiger charge is -2.33. The minimum atomic E-state index is -0.877. The fourth-order valence-electron chi connectivity index (χ4n) is 1.39. The van der Waals surface area contributed by atoms with Crippen molar-refractivity contribution in [2.45, 2.75) is 52.0 Å². The molecule has 0 aliphatic heterocycles. The van der Waals surface area contributed by atoms with Gasteiger partial charge in [0.1, 0.15) is 6.29 Å². The summed E-state index contributed by atoms with van der Waals surface area (Å²) in [7, 11) is 0. The molecule has 0 radical (unpaired) electrons. The van der Waals surface area contributed by atoms with Crippen molar-refractivity contribution in [3.8, 4) is 0 Å². The molecule has 15 heavy (non-hydrogen) atoms. The second kappa shape index (κ2) is 6.43. The van der Waals surface area contributed by atoms with Crippen LogP contribution in [0.25, 0.3) is 0 Å². The average molecular weight is 215 g/mol. The molecule has 88 valence electrons. The summed E-state index contributed by atoms with van der Waals surface area (Å²) in [5.74, 6) is 0. The summed E-state index contributed by atoms with van der Waals surface area (Å²) in [6.45, 7) is 6.18. The molecule has 4 nitrogen and oxygen atoms in total. The Morgan fingerprint density at radius 1 is 1.27 bits per heavy atom. The van der Waals surface area contributed by atoms with Gasteiger partial charge in [0.2, 0.25) is 0 Å². The molecule has 0 unspecified atom stereocenters. The van der Waals surface area contributed by atoms with Gasteiger partial charge in [-0.05, 0) is 33.6 Å². The molecule has 0 bridgehead atoms. The molecule has 0 atom stereocenters. The van der Waals surface area contributed by atoms with E-state index in [1.54, 1.807) is 0 Å². The molecule has 1 N–H and O–H groups in total. The molecular weight excluding hydrogens is 194 g/mol. The summed E-state index contributed by atoms with van der Waals surface area (Å²) in [4.78, 5) is 22.4. The van der Waals surface area contributed by atoms with E-state index in [2.05, 4.69) is 0 Å². The SMILES string of the molecule is CC(C)(C)N(CCCCCC=O)C(=O)O. The average Bonchev–Trinajstić information content (AvgIpc) is 2.08. The summed E-state index contributed by atoms with van der Waals surface area (Å²) in [5, 5.41) is 8.98. The van der Waals surface area contributed by atoms with Crippen LogP contribution in [-0.4, -0.2) is 34.5 Å². The highest BCUT2D eigenvalue weighted by atomic mass is 16.4. The second-order valence-electron chi connectivity index (χ2n) is 4.62. The van der Waals surface area contributed by atoms with Gasteiger partial charge in [0, 0.05) is 18.5 Å². The highest BCUT2D eigenvalue weighted by Crippen LogP contribution is 2.14. The Morgan fingerprint density at radius 3 is 2.27 bits per heavy atom. The van der Waals surface area contributed by atoms with E-state index < -0.39 is 6.09 Å². The van der Waals surface area contributed by atoms with Gasteiger partial charge < -0.3 is 14.8 Å². The van der Waals surface area contributed by atoms with Crippen molar-refractivity contribution >= 4 is 12.4 Å². The maximum absolute atomic E-state index is 10.9. The lowest BCUT2D eigenvalue weighted by atomic mass is 10.1. The lowest BCUT2D eigenvalue weighted by molar-refractivity contribution is -0.107. The molecule has 0 fully saturated rings. The molecule has 0 heterocycles. The van der Waals surface area contributed by atoms with Crippen molar-refractivity contribution in [3.63, 3.8) is 0 Å². The standard InChI is InChI=1S/C11H21NO3/c1-11(2,3)12(10(14)15)8-6-4-5-7-9-13/h9H,4-8H2,1-3H3,(H,14,15). The molecule has 0 aliphatic carbocycles. The Hall–Kier alpha value is -1.06. The molecule has 0 spiro atoms. The van der Waals surface area contributed by atoms with E-state index in [9.17, 15) is 9.59 Å². The van der Waals surface area contributed by atoms with Crippen molar-refractivity contribution in [1.29, 1.82) is 0 Å². The maximum atomic E-state index is 10.9. The van der Waals surface area contributed by atoms with Crippen molar-refractivity contribution in [3.05, 3.63) is 0 Å². The third-order valence-corrected chi connectivity index (χ3v) is 2.24. The van der Waals surface area contributed by atoms with Crippen LogP contribution < -0.4 is 0 Å². The molecule has 0 aliphatic rings. The summed E-state index contributed by atoms with van der Waals surface area (Å²) < 4.78 is 0. The van der Waals surface area contributed by atoms with Crippen LogP contribution in [0.1, 0.15) is 46.5 Å². The number of carbonyl (C=O) groups is 2. The van der Waals surface area contributed by atoms with Crippen LogP contribution in [0.4, 0.5) is 4.79 Å². The van der Waals surface area contributed by atoms with Gasteiger partial charge in [0.05, 0.1) is 0 Å². The Kier molecular flexibility index (Phi) is 5.97. The second-order valence-corrected chi connectivity index (χ2v) is 4.62. The fraction of sp³-hybridized carbons (Fsp3) is 0.818. The summed E-state index contributed by atoms with van der Waals surface area (Å²) in [6, 6.07) is 0. The van der Waals surface area contributed by atoms with Gasteiger partial charge in [-0.25, -0.2) is 4.79 Å². The van der Waals surface area contributed by atoms with Crippen molar-refractivity contribution in [2.24, 2.45) is 0 Å². The van der Waals surface area contributed by atoms with Gasteiger partial charge in [-0.15, -0.1) is 0 Å². The monoisotopic (exact) mass is 215 g/mol. The molecule has 0 aromatic carbocycles. The molecule has 1 amide bonds. The van der Waals surface area contributed by atoms with Crippen LogP contribution in [0.3, 0.4) is 0 Å². The zero-order chi connectivity index (χ0) is 11.9. The molecule has 0 saturated carbocycles. The number of hydrogen-bond donors (Lipinski definition) is 1. The topological polar surface area (TPSA) is 57.6 Å². The van der Waals surface area contributed by atoms with E-state index in [0.717, 1.165) is 25.5 Å². The Balaban J connectivity index is 3.88. The van der Waals surface area contributed by atoms with Gasteiger partial charge in [-0.2, -0.15) is 0 Å². The van der Waals surface area contributed by atoms with E-state index in [4.69, 9.17) is 5.11 Å². The van der Waals surface area contributed by atoms with Crippen LogP contribution in [0.15, 0.2) is 0 Å². The number of aldehydes is 1. The van der Waals surface area contributed by atoms with E-state index in [1.807, 2.05) is 20.8 Å². The maximum Gasteiger partial charge on any atom is 0.407 e. The van der Waals surface area contributed by atoms with Gasteiger partial charge in [-0.1, -0.05) is 6.42 Å². The zero-order valence-corrected chi connectivity index (χ0v) is 9.82. The van der Waals surface area contributed by atoms with Gasteiger partial charge >= 0.3 is 6.09 Å². The number of amides is 1. The fourth-order valence-corrected chi connectivity index (χ4v) is 1.39. The third kappa shape index (κ3) is 6.10. The first-order chi connectivity index (χ1) is 6.89. The smallest absolute Gasteiger partial charge is 0.407 e. The van der Waals surface area contributed by atoms with E-state index in [0.29, 0.717) is 13.0 Å².